The van der Waals surface area contributed by atoms with E-state index in [1.165, 1.54) is 0 Å². The maximum atomic E-state index is 12.9. The van der Waals surface area contributed by atoms with Crippen LogP contribution in [0.15, 0.2) is 54.7 Å². The van der Waals surface area contributed by atoms with Crippen molar-refractivity contribution < 1.29 is 9.59 Å². The van der Waals surface area contributed by atoms with Crippen LogP contribution in [0.5, 0.6) is 0 Å². The van der Waals surface area contributed by atoms with E-state index >= 15 is 0 Å². The Morgan fingerprint density at radius 1 is 1.16 bits per heavy atom. The summed E-state index contributed by atoms with van der Waals surface area (Å²) in [6, 6.07) is 14.7. The van der Waals surface area contributed by atoms with Crippen molar-refractivity contribution in [2.75, 3.05) is 0 Å². The van der Waals surface area contributed by atoms with E-state index in [9.17, 15) is 9.59 Å². The molecular formula is C20H19ClN2O2. The summed E-state index contributed by atoms with van der Waals surface area (Å²) in [7, 11) is 0. The van der Waals surface area contributed by atoms with Crippen LogP contribution in [0.3, 0.4) is 0 Å². The van der Waals surface area contributed by atoms with Gasteiger partial charge in [0.15, 0.2) is 0 Å². The van der Waals surface area contributed by atoms with Crippen LogP contribution in [0, 0.1) is 0 Å². The molecule has 0 aliphatic rings. The number of carbonyl (C=O) groups is 2. The fourth-order valence-corrected chi connectivity index (χ4v) is 2.83. The third-order valence-electron chi connectivity index (χ3n) is 4.25. The highest BCUT2D eigenvalue weighted by Crippen LogP contribution is 2.29. The first-order valence-electron chi connectivity index (χ1n) is 8.22. The fourth-order valence-electron chi connectivity index (χ4n) is 2.70. The molecular weight excluding hydrogens is 336 g/mol. The second-order valence-corrected chi connectivity index (χ2v) is 6.46. The number of carbonyl (C=O) groups excluding carboxylic acids is 2. The van der Waals surface area contributed by atoms with Gasteiger partial charge in [-0.15, -0.1) is 0 Å². The Bertz CT molecular complexity index is 929. The molecule has 3 rings (SSSR count). The quantitative estimate of drug-likeness (QED) is 0.546. The Balaban J connectivity index is 2.12. The Labute approximate surface area is 151 Å². The number of rotatable bonds is 5. The molecule has 0 aliphatic carbocycles. The van der Waals surface area contributed by atoms with Crippen molar-refractivity contribution in [3.05, 3.63) is 65.4 Å². The number of benzene rings is 1. The predicted octanol–water partition coefficient (Wildman–Crippen LogP) is 4.36. The van der Waals surface area contributed by atoms with Gasteiger partial charge >= 0.3 is 0 Å². The van der Waals surface area contributed by atoms with Gasteiger partial charge in [-0.1, -0.05) is 36.7 Å². The first-order valence-corrected chi connectivity index (χ1v) is 8.60. The standard InChI is InChI=1S/C20H19ClN2O2/c1-3-13(2)22-20(25)19(24)18-17(14-7-9-15(21)10-8-14)12-16-6-4-5-11-23(16)18/h4-13H,3H2,1-2H3,(H,22,25)/t13-/m1/s1. The molecule has 128 valence electrons. The maximum absolute atomic E-state index is 12.9. The van der Waals surface area contributed by atoms with Crippen molar-refractivity contribution in [3.63, 3.8) is 0 Å². The summed E-state index contributed by atoms with van der Waals surface area (Å²) in [5, 5.41) is 3.37. The molecule has 1 N–H and O–H groups in total. The van der Waals surface area contributed by atoms with E-state index < -0.39 is 11.7 Å². The van der Waals surface area contributed by atoms with Gasteiger partial charge in [0.05, 0.1) is 0 Å². The second-order valence-electron chi connectivity index (χ2n) is 6.02. The van der Waals surface area contributed by atoms with Crippen LogP contribution >= 0.6 is 11.6 Å². The topological polar surface area (TPSA) is 50.6 Å². The van der Waals surface area contributed by atoms with E-state index in [0.29, 0.717) is 16.3 Å². The number of aromatic nitrogens is 1. The molecule has 0 aliphatic heterocycles. The van der Waals surface area contributed by atoms with Gasteiger partial charge in [-0.25, -0.2) is 0 Å². The summed E-state index contributed by atoms with van der Waals surface area (Å²) >= 11 is 5.97. The van der Waals surface area contributed by atoms with Crippen LogP contribution in [-0.4, -0.2) is 22.1 Å². The van der Waals surface area contributed by atoms with Crippen molar-refractivity contribution in [1.29, 1.82) is 0 Å². The number of nitrogens with zero attached hydrogens (tertiary/aromatic N) is 1. The number of ketones is 1. The molecule has 0 unspecified atom stereocenters. The summed E-state index contributed by atoms with van der Waals surface area (Å²) in [4.78, 5) is 25.3. The summed E-state index contributed by atoms with van der Waals surface area (Å²) < 4.78 is 1.75. The summed E-state index contributed by atoms with van der Waals surface area (Å²) in [5.41, 5.74) is 2.77. The highest BCUT2D eigenvalue weighted by atomic mass is 35.5. The molecule has 0 saturated heterocycles. The molecule has 0 radical (unpaired) electrons. The van der Waals surface area contributed by atoms with Crippen LogP contribution in [-0.2, 0) is 4.79 Å². The third-order valence-corrected chi connectivity index (χ3v) is 4.50. The van der Waals surface area contributed by atoms with Crippen LogP contribution in [0.4, 0.5) is 0 Å². The zero-order valence-corrected chi connectivity index (χ0v) is 14.9. The normalized spacial score (nSPS) is 12.1. The summed E-state index contributed by atoms with van der Waals surface area (Å²) in [6.45, 7) is 3.84. The van der Waals surface area contributed by atoms with Crippen LogP contribution in [0.2, 0.25) is 5.02 Å². The molecule has 0 bridgehead atoms. The van der Waals surface area contributed by atoms with Gasteiger partial charge in [0.1, 0.15) is 5.69 Å². The number of nitrogens with one attached hydrogen (secondary N) is 1. The van der Waals surface area contributed by atoms with Crippen molar-refractivity contribution in [3.8, 4) is 11.1 Å². The number of hydrogen-bond donors (Lipinski definition) is 1. The van der Waals surface area contributed by atoms with Crippen molar-refractivity contribution in [2.24, 2.45) is 0 Å². The predicted molar refractivity (Wildman–Crippen MR) is 100 cm³/mol. The van der Waals surface area contributed by atoms with Crippen LogP contribution in [0.25, 0.3) is 16.6 Å². The van der Waals surface area contributed by atoms with E-state index in [1.807, 2.05) is 50.2 Å². The second kappa shape index (κ2) is 7.11. The Morgan fingerprint density at radius 2 is 1.88 bits per heavy atom. The van der Waals surface area contributed by atoms with E-state index in [2.05, 4.69) is 5.32 Å². The Morgan fingerprint density at radius 3 is 2.56 bits per heavy atom. The van der Waals surface area contributed by atoms with Gasteiger partial charge in [0.25, 0.3) is 11.7 Å². The lowest BCUT2D eigenvalue weighted by atomic mass is 10.0. The molecule has 25 heavy (non-hydrogen) atoms. The highest BCUT2D eigenvalue weighted by molar-refractivity contribution is 6.43. The molecule has 2 heterocycles. The number of pyridine rings is 1. The Kier molecular flexibility index (Phi) is 4.91. The van der Waals surface area contributed by atoms with Gasteiger partial charge < -0.3 is 9.72 Å². The Hall–Kier alpha value is -2.59. The van der Waals surface area contributed by atoms with E-state index in [0.717, 1.165) is 17.5 Å². The average molecular weight is 355 g/mol. The minimum atomic E-state index is -0.589. The van der Waals surface area contributed by atoms with E-state index in [-0.39, 0.29) is 6.04 Å². The third kappa shape index (κ3) is 3.44. The van der Waals surface area contributed by atoms with Gasteiger partial charge in [-0.2, -0.15) is 0 Å². The molecule has 1 amide bonds. The van der Waals surface area contributed by atoms with Gasteiger partial charge in [-0.3, -0.25) is 9.59 Å². The summed E-state index contributed by atoms with van der Waals surface area (Å²) in [6.07, 6.45) is 2.55. The average Bonchev–Trinajstić information content (AvgIpc) is 3.00. The maximum Gasteiger partial charge on any atom is 0.294 e. The molecule has 4 nitrogen and oxygen atoms in total. The van der Waals surface area contributed by atoms with Gasteiger partial charge in [-0.05, 0) is 49.2 Å². The first kappa shape index (κ1) is 17.2. The van der Waals surface area contributed by atoms with Crippen molar-refractivity contribution >= 4 is 28.8 Å². The minimum Gasteiger partial charge on any atom is -0.347 e. The molecule has 5 heteroatoms. The molecule has 0 saturated carbocycles. The van der Waals surface area contributed by atoms with Crippen molar-refractivity contribution in [1.82, 2.24) is 9.72 Å². The largest absolute Gasteiger partial charge is 0.347 e. The number of fused-ring (bicyclic) bond motifs is 1. The number of hydrogen-bond acceptors (Lipinski definition) is 2. The van der Waals surface area contributed by atoms with Crippen LogP contribution < -0.4 is 5.32 Å². The molecule has 1 atom stereocenters. The highest BCUT2D eigenvalue weighted by Gasteiger charge is 2.25. The van der Waals surface area contributed by atoms with Crippen molar-refractivity contribution in [2.45, 2.75) is 26.3 Å². The lowest BCUT2D eigenvalue weighted by molar-refractivity contribution is -0.117. The van der Waals surface area contributed by atoms with Gasteiger partial charge in [0, 0.05) is 28.3 Å². The number of halogens is 1. The number of Topliss-reactive ketones (excluding diaryl/α,β-unsaturated/α-hetero) is 1. The lowest BCUT2D eigenvalue weighted by Crippen LogP contribution is -2.37. The molecule has 3 aromatic rings. The SMILES string of the molecule is CC[C@@H](C)NC(=O)C(=O)c1c(-c2ccc(Cl)cc2)cc2ccccn12. The molecule has 0 fully saturated rings. The zero-order valence-electron chi connectivity index (χ0n) is 14.1. The molecule has 0 spiro atoms. The molecule has 2 aromatic heterocycles. The lowest BCUT2D eigenvalue weighted by Gasteiger charge is -2.11. The first-order chi connectivity index (χ1) is 12.0. The summed E-state index contributed by atoms with van der Waals surface area (Å²) in [5.74, 6) is -1.13. The number of amides is 1. The smallest absolute Gasteiger partial charge is 0.294 e. The molecule has 1 aromatic carbocycles. The fraction of sp³-hybridized carbons (Fsp3) is 0.200. The zero-order chi connectivity index (χ0) is 18.0. The van der Waals surface area contributed by atoms with Gasteiger partial charge in [0.2, 0.25) is 0 Å². The van der Waals surface area contributed by atoms with E-state index in [4.69, 9.17) is 11.6 Å². The monoisotopic (exact) mass is 354 g/mol. The van der Waals surface area contributed by atoms with Crippen LogP contribution in [0.1, 0.15) is 30.8 Å². The van der Waals surface area contributed by atoms with E-state index in [1.54, 1.807) is 22.7 Å². The minimum absolute atomic E-state index is 0.0540.